The van der Waals surface area contributed by atoms with Gasteiger partial charge in [0.05, 0.1) is 11.6 Å². The van der Waals surface area contributed by atoms with Crippen LogP contribution in [0.3, 0.4) is 0 Å². The number of aldehydes is 1. The van der Waals surface area contributed by atoms with E-state index in [2.05, 4.69) is 33.5 Å². The lowest BCUT2D eigenvalue weighted by atomic mass is 9.65. The summed E-state index contributed by atoms with van der Waals surface area (Å²) >= 11 is 2.09. The number of carbonyl (C=O) groups excluding carboxylic acids is 2. The van der Waals surface area contributed by atoms with Crippen molar-refractivity contribution in [3.63, 3.8) is 0 Å². The number of pyridine rings is 1. The number of alkyl carbamates (subject to hydrolysis) is 1. The van der Waals surface area contributed by atoms with Gasteiger partial charge in [0.2, 0.25) is 0 Å². The van der Waals surface area contributed by atoms with Gasteiger partial charge in [-0.05, 0) is 120 Å². The van der Waals surface area contributed by atoms with Crippen LogP contribution in [0.25, 0.3) is 10.9 Å². The van der Waals surface area contributed by atoms with E-state index in [1.807, 2.05) is 39.0 Å². The van der Waals surface area contributed by atoms with Crippen LogP contribution >= 0.6 is 11.8 Å². The first-order valence-corrected chi connectivity index (χ1v) is 22.2. The summed E-state index contributed by atoms with van der Waals surface area (Å²) in [5, 5.41) is 3.89. The van der Waals surface area contributed by atoms with Crippen molar-refractivity contribution < 1.29 is 23.2 Å². The molecule has 2 bridgehead atoms. The number of hydrogen-bond donors (Lipinski definition) is 1. The Morgan fingerprint density at radius 2 is 1.81 bits per heavy atom. The molecule has 5 heterocycles. The van der Waals surface area contributed by atoms with Crippen LogP contribution in [-0.4, -0.2) is 79.2 Å². The molecule has 48 heavy (non-hydrogen) atoms. The van der Waals surface area contributed by atoms with Crippen LogP contribution in [0.2, 0.25) is 12.6 Å². The summed E-state index contributed by atoms with van der Waals surface area (Å²) in [6.07, 6.45) is 17.1. The van der Waals surface area contributed by atoms with Gasteiger partial charge in [-0.15, -0.1) is 12.6 Å². The summed E-state index contributed by atoms with van der Waals surface area (Å²) < 4.78 is 19.6. The Morgan fingerprint density at radius 1 is 1.10 bits per heavy atom. The second kappa shape index (κ2) is 15.5. The summed E-state index contributed by atoms with van der Waals surface area (Å²) in [6.45, 7) is 10.2. The van der Waals surface area contributed by atoms with Crippen LogP contribution in [0.4, 0.5) is 4.79 Å². The van der Waals surface area contributed by atoms with Crippen molar-refractivity contribution >= 4 is 43.6 Å². The van der Waals surface area contributed by atoms with Crippen LogP contribution in [0.5, 0.6) is 0 Å². The number of carbonyl (C=O) groups is 2. The van der Waals surface area contributed by atoms with Crippen LogP contribution in [0, 0.1) is 5.41 Å². The number of thioether (sulfide) groups is 1. The van der Waals surface area contributed by atoms with E-state index in [-0.39, 0.29) is 11.5 Å². The molecule has 0 spiro atoms. The Labute approximate surface area is 293 Å². The third-order valence-electron chi connectivity index (χ3n) is 11.1. The molecule has 5 fully saturated rings. The highest BCUT2D eigenvalue weighted by Gasteiger charge is 2.48. The van der Waals surface area contributed by atoms with E-state index in [4.69, 9.17) is 13.6 Å². The summed E-state index contributed by atoms with van der Waals surface area (Å²) in [6, 6.07) is 8.71. The SMILES string of the molecule is CC(C)(C)NC(=O)OC(c1ccnc2ccc(C=O)cc12)[C@@H]1CC2(CCCSCCC[Si-]3(C)OC4CCCCCCC4O3)CCN1CC2. The summed E-state index contributed by atoms with van der Waals surface area (Å²) in [5.74, 6) is 2.35. The summed E-state index contributed by atoms with van der Waals surface area (Å²) in [5.41, 5.74) is 2.17. The molecule has 3 unspecified atom stereocenters. The van der Waals surface area contributed by atoms with Crippen molar-refractivity contribution in [2.24, 2.45) is 5.41 Å². The van der Waals surface area contributed by atoms with Crippen molar-refractivity contribution in [3.8, 4) is 0 Å². The maximum absolute atomic E-state index is 13.3. The van der Waals surface area contributed by atoms with E-state index in [1.54, 1.807) is 12.3 Å². The maximum atomic E-state index is 13.3. The maximum Gasteiger partial charge on any atom is 0.408 e. The van der Waals surface area contributed by atoms with Gasteiger partial charge in [-0.25, -0.2) is 4.79 Å². The van der Waals surface area contributed by atoms with Crippen LogP contribution in [0.15, 0.2) is 30.5 Å². The predicted molar refractivity (Wildman–Crippen MR) is 196 cm³/mol. The minimum Gasteiger partial charge on any atom is -0.541 e. The molecule has 1 N–H and O–H groups in total. The van der Waals surface area contributed by atoms with E-state index < -0.39 is 26.3 Å². The number of aromatic nitrogens is 1. The van der Waals surface area contributed by atoms with Crippen molar-refractivity contribution in [1.82, 2.24) is 15.2 Å². The van der Waals surface area contributed by atoms with E-state index in [0.717, 1.165) is 48.3 Å². The van der Waals surface area contributed by atoms with Crippen LogP contribution < -0.4 is 5.32 Å². The number of piperidine rings is 3. The highest BCUT2D eigenvalue weighted by atomic mass is 32.2. The fourth-order valence-corrected chi connectivity index (χ4v) is 12.8. The minimum atomic E-state index is -2.04. The van der Waals surface area contributed by atoms with Gasteiger partial charge in [0.25, 0.3) is 0 Å². The lowest BCUT2D eigenvalue weighted by Crippen LogP contribution is -2.57. The molecule has 1 aromatic carbocycles. The highest BCUT2D eigenvalue weighted by molar-refractivity contribution is 7.99. The summed E-state index contributed by atoms with van der Waals surface area (Å²) in [7, 11) is -2.04. The molecule has 8 nitrogen and oxygen atoms in total. The van der Waals surface area contributed by atoms with Gasteiger partial charge < -0.3 is 18.9 Å². The van der Waals surface area contributed by atoms with Crippen LogP contribution in [0.1, 0.15) is 120 Å². The Bertz CT molecular complexity index is 1390. The van der Waals surface area contributed by atoms with Crippen LogP contribution in [-0.2, 0) is 13.6 Å². The Balaban J connectivity index is 1.06. The van der Waals surface area contributed by atoms with Gasteiger partial charge in [-0.3, -0.25) is 14.7 Å². The number of nitrogens with one attached hydrogen (secondary N) is 1. The molecule has 10 heteroatoms. The second-order valence-corrected chi connectivity index (χ2v) is 20.5. The van der Waals surface area contributed by atoms with Gasteiger partial charge in [0.1, 0.15) is 21.0 Å². The number of hydrogen-bond acceptors (Lipinski definition) is 8. The molecule has 1 saturated carbocycles. The number of fused-ring (bicyclic) bond motifs is 5. The first kappa shape index (κ1) is 35.8. The van der Waals surface area contributed by atoms with Crippen molar-refractivity contribution in [1.29, 1.82) is 0 Å². The zero-order valence-corrected chi connectivity index (χ0v) is 31.5. The lowest BCUT2D eigenvalue weighted by Gasteiger charge is -2.55. The quantitative estimate of drug-likeness (QED) is 0.134. The molecular formula is C38H57N3O5SSi-. The molecule has 265 valence electrons. The lowest BCUT2D eigenvalue weighted by molar-refractivity contribution is -0.0780. The zero-order valence-electron chi connectivity index (χ0n) is 29.6. The molecule has 4 atom stereocenters. The molecule has 1 aliphatic carbocycles. The highest BCUT2D eigenvalue weighted by Crippen LogP contribution is 2.50. The molecule has 0 radical (unpaired) electrons. The van der Waals surface area contributed by atoms with E-state index in [0.29, 0.717) is 17.8 Å². The largest absolute Gasteiger partial charge is 0.541 e. The number of amides is 1. The molecule has 2 aromatic rings. The van der Waals surface area contributed by atoms with E-state index >= 15 is 0 Å². The fraction of sp³-hybridized carbons (Fsp3) is 0.711. The van der Waals surface area contributed by atoms with Crippen molar-refractivity contribution in [2.75, 3.05) is 24.6 Å². The third-order valence-corrected chi connectivity index (χ3v) is 15.2. The number of benzene rings is 1. The molecule has 1 aromatic heterocycles. The van der Waals surface area contributed by atoms with Crippen molar-refractivity contribution in [3.05, 3.63) is 41.6 Å². The average molecular weight is 696 g/mol. The summed E-state index contributed by atoms with van der Waals surface area (Å²) in [4.78, 5) is 32.1. The average Bonchev–Trinajstić information content (AvgIpc) is 3.36. The number of nitrogens with zero attached hydrogens (tertiary/aromatic N) is 2. The Hall–Kier alpha value is -1.98. The Morgan fingerprint density at radius 3 is 2.50 bits per heavy atom. The van der Waals surface area contributed by atoms with Gasteiger partial charge in [-0.2, -0.15) is 11.8 Å². The van der Waals surface area contributed by atoms with Gasteiger partial charge >= 0.3 is 6.09 Å². The molecule has 4 saturated heterocycles. The van der Waals surface area contributed by atoms with Gasteiger partial charge in [0.15, 0.2) is 0 Å². The predicted octanol–water partition coefficient (Wildman–Crippen LogP) is 8.58. The van der Waals surface area contributed by atoms with Gasteiger partial charge in [0, 0.05) is 40.5 Å². The fourth-order valence-electron chi connectivity index (χ4n) is 8.68. The normalized spacial score (nSPS) is 31.1. The van der Waals surface area contributed by atoms with E-state index in [1.165, 1.54) is 82.1 Å². The topological polar surface area (TPSA) is 90.0 Å². The first-order chi connectivity index (χ1) is 23.1. The monoisotopic (exact) mass is 695 g/mol. The first-order valence-electron chi connectivity index (χ1n) is 18.6. The van der Waals surface area contributed by atoms with Gasteiger partial charge in [-0.1, -0.05) is 32.1 Å². The zero-order chi connectivity index (χ0) is 33.8. The molecule has 5 aliphatic rings. The smallest absolute Gasteiger partial charge is 0.408 e. The molecule has 1 amide bonds. The molecule has 4 aliphatic heterocycles. The Kier molecular flexibility index (Phi) is 11.6. The van der Waals surface area contributed by atoms with Crippen molar-refractivity contribution in [2.45, 2.75) is 140 Å². The molecular weight excluding hydrogens is 639 g/mol. The minimum absolute atomic E-state index is 0.0748. The standard InChI is InChI=1S/C38H57N3O5SSi/c1-37(2,3)40-36(43)44-35(29-15-19-39-31-14-13-28(27-42)25-30(29)31)32-26-38(17-20-41(32)21-18-38)16-9-22-47-23-10-24-48(4)45-33-11-7-5-6-8-12-34(33)46-48/h13-15,19,25,27,32-35H,5-12,16-18,20-24,26H2,1-4H3,(H,40,43)/q-1/t32-,33?,34?,35?/m0/s1. The second-order valence-electron chi connectivity index (χ2n) is 16.1. The molecule has 7 rings (SSSR count). The van der Waals surface area contributed by atoms with E-state index in [9.17, 15) is 9.59 Å². The number of rotatable bonds is 12. The number of ether oxygens (including phenoxy) is 1. The third kappa shape index (κ3) is 8.83.